The number of nitrogens with one attached hydrogen (secondary N) is 1. The maximum atomic E-state index is 13.8. The molecule has 1 aromatic heterocycles. The second kappa shape index (κ2) is 12.9. The first-order chi connectivity index (χ1) is 20.4. The van der Waals surface area contributed by atoms with Crippen LogP contribution in [0.25, 0.3) is 0 Å². The van der Waals surface area contributed by atoms with E-state index in [1.165, 1.54) is 0 Å². The van der Waals surface area contributed by atoms with Crippen molar-refractivity contribution >= 4 is 11.8 Å². The molecule has 0 saturated carbocycles. The summed E-state index contributed by atoms with van der Waals surface area (Å²) in [6, 6.07) is 22.6. The van der Waals surface area contributed by atoms with Crippen molar-refractivity contribution in [2.24, 2.45) is 5.92 Å². The molecule has 4 rings (SSSR count). The van der Waals surface area contributed by atoms with Crippen LogP contribution in [0.5, 0.6) is 0 Å². The predicted octanol–water partition coefficient (Wildman–Crippen LogP) is 8.62. The summed E-state index contributed by atoms with van der Waals surface area (Å²) < 4.78 is 86.9. The lowest BCUT2D eigenvalue weighted by Crippen LogP contribution is -2.40. The molecular weight excluding hydrogens is 572 g/mol. The summed E-state index contributed by atoms with van der Waals surface area (Å²) in [5.41, 5.74) is -2.96. The summed E-state index contributed by atoms with van der Waals surface area (Å²) in [5.74, 6) is -2.27. The molecule has 0 aliphatic carbocycles. The van der Waals surface area contributed by atoms with Crippen LogP contribution in [0.3, 0.4) is 0 Å². The molecule has 4 aromatic rings. The molecule has 0 spiro atoms. The lowest BCUT2D eigenvalue weighted by atomic mass is 9.61. The van der Waals surface area contributed by atoms with E-state index in [9.17, 15) is 35.9 Å². The quantitative estimate of drug-likeness (QED) is 0.106. The highest BCUT2D eigenvalue weighted by molar-refractivity contribution is 5.97. The SMILES string of the molecule is CCOC(=O)CCC(CC(=O)c1cc(C(F)(F)F)cc(C(F)(F)F)c1)C(c1ccccc1)(c1ccccc1)c1ccc[nH]1. The van der Waals surface area contributed by atoms with Gasteiger partial charge in [-0.2, -0.15) is 26.3 Å². The molecule has 4 nitrogen and oxygen atoms in total. The zero-order valence-electron chi connectivity index (χ0n) is 23.1. The second-order valence-electron chi connectivity index (χ2n) is 10.1. The normalized spacial score (nSPS) is 13.0. The van der Waals surface area contributed by atoms with Crippen molar-refractivity contribution in [1.82, 2.24) is 4.98 Å². The van der Waals surface area contributed by atoms with Crippen molar-refractivity contribution in [1.29, 1.82) is 0 Å². The Kier molecular flexibility index (Phi) is 9.47. The lowest BCUT2D eigenvalue weighted by molar-refractivity contribution is -0.144. The fraction of sp³-hybridized carbons (Fsp3) is 0.273. The van der Waals surface area contributed by atoms with Gasteiger partial charge in [0.2, 0.25) is 0 Å². The number of H-pyrrole nitrogens is 1. The van der Waals surface area contributed by atoms with E-state index in [0.717, 1.165) is 0 Å². The molecule has 3 aromatic carbocycles. The Morgan fingerprint density at radius 3 is 1.72 bits per heavy atom. The molecular formula is C33H29F6NO3. The average Bonchev–Trinajstić information content (AvgIpc) is 3.51. The van der Waals surface area contributed by atoms with Crippen LogP contribution in [0, 0.1) is 5.92 Å². The number of alkyl halides is 6. The van der Waals surface area contributed by atoms with Gasteiger partial charge in [-0.05, 0) is 60.7 Å². The van der Waals surface area contributed by atoms with Crippen LogP contribution in [0.1, 0.15) is 64.5 Å². The van der Waals surface area contributed by atoms with Gasteiger partial charge in [-0.1, -0.05) is 60.7 Å². The van der Waals surface area contributed by atoms with Gasteiger partial charge in [0.25, 0.3) is 0 Å². The maximum absolute atomic E-state index is 13.8. The summed E-state index contributed by atoms with van der Waals surface area (Å²) in [4.78, 5) is 29.6. The highest BCUT2D eigenvalue weighted by Crippen LogP contribution is 2.48. The van der Waals surface area contributed by atoms with Gasteiger partial charge in [0.05, 0.1) is 23.1 Å². The first-order valence-electron chi connectivity index (χ1n) is 13.6. The standard InChI is InChI=1S/C33H29F6NO3/c1-2-43-30(42)16-15-25(21-28(41)22-18-26(32(34,35)36)20-27(19-22)33(37,38)39)31(29-14-9-17-40-29,23-10-5-3-6-11-23)24-12-7-4-8-13-24/h3-14,17-20,25,40H,2,15-16,21H2,1H3. The van der Waals surface area contributed by atoms with Crippen molar-refractivity contribution in [2.45, 2.75) is 44.0 Å². The van der Waals surface area contributed by atoms with E-state index in [0.29, 0.717) is 29.0 Å². The Bertz CT molecular complexity index is 1440. The van der Waals surface area contributed by atoms with Gasteiger partial charge < -0.3 is 9.72 Å². The van der Waals surface area contributed by atoms with Gasteiger partial charge in [-0.3, -0.25) is 9.59 Å². The number of ether oxygens (including phenoxy) is 1. The minimum absolute atomic E-state index is 0.00776. The highest BCUT2D eigenvalue weighted by Gasteiger charge is 2.46. The molecule has 43 heavy (non-hydrogen) atoms. The third-order valence-electron chi connectivity index (χ3n) is 7.44. The molecule has 0 amide bonds. The van der Waals surface area contributed by atoms with Gasteiger partial charge in [0.1, 0.15) is 0 Å². The number of carbonyl (C=O) groups is 2. The summed E-state index contributed by atoms with van der Waals surface area (Å²) in [5, 5.41) is 0. The zero-order chi connectivity index (χ0) is 31.3. The van der Waals surface area contributed by atoms with Gasteiger partial charge >= 0.3 is 18.3 Å². The van der Waals surface area contributed by atoms with E-state index in [1.54, 1.807) is 61.7 Å². The van der Waals surface area contributed by atoms with Gasteiger partial charge in [0, 0.05) is 30.3 Å². The van der Waals surface area contributed by atoms with Crippen molar-refractivity contribution < 1.29 is 40.7 Å². The number of rotatable bonds is 11. The molecule has 226 valence electrons. The van der Waals surface area contributed by atoms with E-state index in [2.05, 4.69) is 4.98 Å². The Morgan fingerprint density at radius 2 is 1.28 bits per heavy atom. The Balaban J connectivity index is 1.93. The molecule has 0 saturated heterocycles. The number of aromatic amines is 1. The van der Waals surface area contributed by atoms with E-state index in [1.807, 2.05) is 24.3 Å². The van der Waals surface area contributed by atoms with Crippen molar-refractivity contribution in [2.75, 3.05) is 6.61 Å². The number of benzene rings is 3. The minimum Gasteiger partial charge on any atom is -0.466 e. The van der Waals surface area contributed by atoms with Crippen LogP contribution in [-0.4, -0.2) is 23.3 Å². The average molecular weight is 602 g/mol. The fourth-order valence-corrected chi connectivity index (χ4v) is 5.60. The van der Waals surface area contributed by atoms with Crippen LogP contribution in [0.2, 0.25) is 0 Å². The van der Waals surface area contributed by atoms with Crippen molar-refractivity contribution in [3.63, 3.8) is 0 Å². The number of halogens is 6. The van der Waals surface area contributed by atoms with E-state index in [-0.39, 0.29) is 25.5 Å². The Hall–Kier alpha value is -4.34. The van der Waals surface area contributed by atoms with E-state index < -0.39 is 58.5 Å². The summed E-state index contributed by atoms with van der Waals surface area (Å²) in [6.07, 6.45) is -9.10. The number of Topliss-reactive ketones (excluding diaryl/α,β-unsaturated/α-hetero) is 1. The third-order valence-corrected chi connectivity index (χ3v) is 7.44. The molecule has 1 heterocycles. The molecule has 10 heteroatoms. The zero-order valence-corrected chi connectivity index (χ0v) is 23.1. The molecule has 1 atom stereocenters. The number of ketones is 1. The van der Waals surface area contributed by atoms with Gasteiger partial charge in [-0.15, -0.1) is 0 Å². The molecule has 1 N–H and O–H groups in total. The van der Waals surface area contributed by atoms with Crippen LogP contribution in [0.4, 0.5) is 26.3 Å². The number of carbonyl (C=O) groups excluding carboxylic acids is 2. The maximum Gasteiger partial charge on any atom is 0.416 e. The number of esters is 1. The number of hydrogen-bond donors (Lipinski definition) is 1. The van der Waals surface area contributed by atoms with Crippen LogP contribution in [-0.2, 0) is 27.3 Å². The largest absolute Gasteiger partial charge is 0.466 e. The fourth-order valence-electron chi connectivity index (χ4n) is 5.60. The van der Waals surface area contributed by atoms with E-state index in [4.69, 9.17) is 4.74 Å². The Morgan fingerprint density at radius 1 is 0.744 bits per heavy atom. The smallest absolute Gasteiger partial charge is 0.416 e. The molecule has 0 fully saturated rings. The van der Waals surface area contributed by atoms with Crippen molar-refractivity contribution in [3.05, 3.63) is 131 Å². The molecule has 0 radical (unpaired) electrons. The topological polar surface area (TPSA) is 59.2 Å². The van der Waals surface area contributed by atoms with Crippen LogP contribution in [0.15, 0.2) is 97.2 Å². The lowest BCUT2D eigenvalue weighted by Gasteiger charge is -2.42. The molecule has 1 unspecified atom stereocenters. The minimum atomic E-state index is -5.11. The first-order valence-corrected chi connectivity index (χ1v) is 13.6. The molecule has 0 bridgehead atoms. The van der Waals surface area contributed by atoms with E-state index >= 15 is 0 Å². The number of hydrogen-bond acceptors (Lipinski definition) is 3. The first kappa shape index (κ1) is 31.6. The summed E-state index contributed by atoms with van der Waals surface area (Å²) in [6.45, 7) is 1.76. The highest BCUT2D eigenvalue weighted by atomic mass is 19.4. The van der Waals surface area contributed by atoms with Gasteiger partial charge in [-0.25, -0.2) is 0 Å². The molecule has 0 aliphatic rings. The predicted molar refractivity (Wildman–Crippen MR) is 148 cm³/mol. The third kappa shape index (κ3) is 7.01. The second-order valence-corrected chi connectivity index (χ2v) is 10.1. The number of aromatic nitrogens is 1. The Labute approximate surface area is 244 Å². The van der Waals surface area contributed by atoms with Crippen molar-refractivity contribution in [3.8, 4) is 0 Å². The summed E-state index contributed by atoms with van der Waals surface area (Å²) in [7, 11) is 0. The monoisotopic (exact) mass is 601 g/mol. The van der Waals surface area contributed by atoms with Gasteiger partial charge in [0.15, 0.2) is 5.78 Å². The molecule has 0 aliphatic heterocycles. The van der Waals surface area contributed by atoms with Crippen LogP contribution < -0.4 is 0 Å². The summed E-state index contributed by atoms with van der Waals surface area (Å²) >= 11 is 0. The van der Waals surface area contributed by atoms with Crippen LogP contribution >= 0.6 is 0 Å².